The first-order chi connectivity index (χ1) is 10.2. The van der Waals surface area contributed by atoms with Gasteiger partial charge in [0.25, 0.3) is 0 Å². The van der Waals surface area contributed by atoms with Crippen molar-refractivity contribution in [3.05, 3.63) is 29.1 Å². The molecule has 0 fully saturated rings. The average molecular weight is 308 g/mol. The minimum Gasteiger partial charge on any atom is -0.464 e. The zero-order valence-electron chi connectivity index (χ0n) is 13.1. The largest absolute Gasteiger partial charge is 0.464 e. The number of hydrogen-bond acceptors (Lipinski definition) is 6. The second kappa shape index (κ2) is 7.53. The van der Waals surface area contributed by atoms with Crippen molar-refractivity contribution >= 4 is 18.3 Å². The van der Waals surface area contributed by atoms with Gasteiger partial charge < -0.3 is 14.8 Å². The van der Waals surface area contributed by atoms with Gasteiger partial charge in [0, 0.05) is 6.54 Å². The van der Waals surface area contributed by atoms with Gasteiger partial charge in [0.2, 0.25) is 0 Å². The van der Waals surface area contributed by atoms with E-state index in [1.54, 1.807) is 26.8 Å². The molecule has 1 heterocycles. The van der Waals surface area contributed by atoms with E-state index in [2.05, 4.69) is 15.0 Å². The highest BCUT2D eigenvalue weighted by molar-refractivity contribution is 5.88. The quantitative estimate of drug-likeness (QED) is 0.658. The van der Waals surface area contributed by atoms with Crippen LogP contribution in [-0.2, 0) is 15.9 Å². The molecule has 0 radical (unpaired) electrons. The molecule has 7 heteroatoms. The van der Waals surface area contributed by atoms with E-state index in [1.165, 1.54) is 13.2 Å². The molecule has 7 nitrogen and oxygen atoms in total. The van der Waals surface area contributed by atoms with Crippen LogP contribution in [0.5, 0.6) is 0 Å². The number of ether oxygens (including phenoxy) is 2. The number of amides is 1. The second-order valence-corrected chi connectivity index (χ2v) is 5.57. The highest BCUT2D eigenvalue weighted by Crippen LogP contribution is 2.08. The molecule has 0 aliphatic heterocycles. The Labute approximate surface area is 129 Å². The summed E-state index contributed by atoms with van der Waals surface area (Å²) in [4.78, 5) is 37.7. The zero-order valence-corrected chi connectivity index (χ0v) is 13.1. The molecule has 0 bridgehead atoms. The Morgan fingerprint density at radius 1 is 1.32 bits per heavy atom. The van der Waals surface area contributed by atoms with E-state index >= 15 is 0 Å². The molecule has 0 aliphatic rings. The second-order valence-electron chi connectivity index (χ2n) is 5.57. The minimum absolute atomic E-state index is 0.0550. The third kappa shape index (κ3) is 5.90. The SMILES string of the molecule is COC(=O)c1cc(CCNC(=O)OC(C)(C)C)cc(C=O)n1. The number of alkyl carbamates (subject to hydrolysis) is 1. The Kier molecular flexibility index (Phi) is 6.03. The number of pyridine rings is 1. The molecule has 0 unspecified atom stereocenters. The van der Waals surface area contributed by atoms with Crippen molar-refractivity contribution in [2.45, 2.75) is 32.8 Å². The van der Waals surface area contributed by atoms with Crippen molar-refractivity contribution in [1.82, 2.24) is 10.3 Å². The van der Waals surface area contributed by atoms with Gasteiger partial charge in [0.15, 0.2) is 6.29 Å². The summed E-state index contributed by atoms with van der Waals surface area (Å²) in [6.07, 6.45) is 0.453. The van der Waals surface area contributed by atoms with Crippen molar-refractivity contribution in [2.75, 3.05) is 13.7 Å². The molecule has 0 saturated carbocycles. The number of hydrogen-bond donors (Lipinski definition) is 1. The molecule has 0 spiro atoms. The predicted octanol–water partition coefficient (Wildman–Crippen LogP) is 1.75. The smallest absolute Gasteiger partial charge is 0.407 e. The van der Waals surface area contributed by atoms with E-state index in [9.17, 15) is 14.4 Å². The fourth-order valence-electron chi connectivity index (χ4n) is 1.65. The maximum absolute atomic E-state index is 11.5. The van der Waals surface area contributed by atoms with Crippen LogP contribution >= 0.6 is 0 Å². The van der Waals surface area contributed by atoms with Gasteiger partial charge in [-0.3, -0.25) is 4.79 Å². The number of nitrogens with one attached hydrogen (secondary N) is 1. The molecule has 1 aromatic rings. The van der Waals surface area contributed by atoms with E-state index in [4.69, 9.17) is 4.74 Å². The fraction of sp³-hybridized carbons (Fsp3) is 0.467. The van der Waals surface area contributed by atoms with Gasteiger partial charge in [0.05, 0.1) is 7.11 Å². The van der Waals surface area contributed by atoms with Gasteiger partial charge in [-0.1, -0.05) is 0 Å². The Bertz CT molecular complexity index is 564. The number of rotatable bonds is 5. The monoisotopic (exact) mass is 308 g/mol. The summed E-state index contributed by atoms with van der Waals surface area (Å²) < 4.78 is 9.69. The summed E-state index contributed by atoms with van der Waals surface area (Å²) in [7, 11) is 1.24. The van der Waals surface area contributed by atoms with Gasteiger partial charge in [0.1, 0.15) is 17.0 Å². The maximum Gasteiger partial charge on any atom is 0.407 e. The Morgan fingerprint density at radius 3 is 2.55 bits per heavy atom. The van der Waals surface area contributed by atoms with E-state index in [-0.39, 0.29) is 11.4 Å². The van der Waals surface area contributed by atoms with Gasteiger partial charge in [-0.25, -0.2) is 14.6 Å². The van der Waals surface area contributed by atoms with Crippen LogP contribution in [0, 0.1) is 0 Å². The molecule has 22 heavy (non-hydrogen) atoms. The molecule has 0 atom stereocenters. The zero-order chi connectivity index (χ0) is 16.8. The number of carbonyl (C=O) groups is 3. The average Bonchev–Trinajstić information content (AvgIpc) is 2.44. The van der Waals surface area contributed by atoms with Gasteiger partial charge in [-0.2, -0.15) is 0 Å². The number of esters is 1. The minimum atomic E-state index is -0.620. The summed E-state index contributed by atoms with van der Waals surface area (Å²) >= 11 is 0. The lowest BCUT2D eigenvalue weighted by Gasteiger charge is -2.19. The predicted molar refractivity (Wildman–Crippen MR) is 78.9 cm³/mol. The molecule has 0 aromatic carbocycles. The highest BCUT2D eigenvalue weighted by Gasteiger charge is 2.16. The molecule has 1 aromatic heterocycles. The lowest BCUT2D eigenvalue weighted by Crippen LogP contribution is -2.33. The highest BCUT2D eigenvalue weighted by atomic mass is 16.6. The van der Waals surface area contributed by atoms with Crippen molar-refractivity contribution < 1.29 is 23.9 Å². The maximum atomic E-state index is 11.5. The van der Waals surface area contributed by atoms with Crippen LogP contribution in [0.4, 0.5) is 4.79 Å². The molecule has 0 aliphatic carbocycles. The number of aldehydes is 1. The van der Waals surface area contributed by atoms with Crippen LogP contribution in [0.15, 0.2) is 12.1 Å². The van der Waals surface area contributed by atoms with Crippen molar-refractivity contribution in [1.29, 1.82) is 0 Å². The number of nitrogens with zero attached hydrogens (tertiary/aromatic N) is 1. The topological polar surface area (TPSA) is 94.6 Å². The first-order valence-corrected chi connectivity index (χ1v) is 6.76. The first-order valence-electron chi connectivity index (χ1n) is 6.76. The van der Waals surface area contributed by atoms with Gasteiger partial charge in [-0.05, 0) is 44.9 Å². The Balaban J connectivity index is 2.67. The lowest BCUT2D eigenvalue weighted by molar-refractivity contribution is 0.0526. The van der Waals surface area contributed by atoms with Crippen LogP contribution in [-0.4, -0.2) is 42.6 Å². The Morgan fingerprint density at radius 2 is 2.00 bits per heavy atom. The van der Waals surface area contributed by atoms with Crippen molar-refractivity contribution in [3.63, 3.8) is 0 Å². The van der Waals surface area contributed by atoms with E-state index < -0.39 is 17.7 Å². The lowest BCUT2D eigenvalue weighted by atomic mass is 10.1. The van der Waals surface area contributed by atoms with E-state index in [1.807, 2.05) is 0 Å². The first kappa shape index (κ1) is 17.6. The van der Waals surface area contributed by atoms with Crippen LogP contribution < -0.4 is 5.32 Å². The summed E-state index contributed by atoms with van der Waals surface area (Å²) in [5.74, 6) is -0.620. The van der Waals surface area contributed by atoms with E-state index in [0.29, 0.717) is 24.8 Å². The summed E-state index contributed by atoms with van der Waals surface area (Å²) in [5.41, 5.74) is 0.312. The third-order valence-corrected chi connectivity index (χ3v) is 2.50. The fourth-order valence-corrected chi connectivity index (χ4v) is 1.65. The summed E-state index contributed by atoms with van der Waals surface area (Å²) in [5, 5.41) is 2.60. The molecule has 1 N–H and O–H groups in total. The van der Waals surface area contributed by atoms with Gasteiger partial charge in [-0.15, -0.1) is 0 Å². The van der Waals surface area contributed by atoms with Crippen LogP contribution in [0.25, 0.3) is 0 Å². The molecule has 0 saturated heterocycles. The van der Waals surface area contributed by atoms with Crippen LogP contribution in [0.2, 0.25) is 0 Å². The number of methoxy groups -OCH3 is 1. The molecule has 1 rings (SSSR count). The van der Waals surface area contributed by atoms with Crippen LogP contribution in [0.1, 0.15) is 47.3 Å². The Hall–Kier alpha value is -2.44. The molecule has 1 amide bonds. The molecular formula is C15H20N2O5. The van der Waals surface area contributed by atoms with E-state index in [0.717, 1.165) is 0 Å². The normalized spacial score (nSPS) is 10.7. The summed E-state index contributed by atoms with van der Waals surface area (Å²) in [6, 6.07) is 3.08. The molecule has 120 valence electrons. The standard InChI is InChI=1S/C15H20N2O5/c1-15(2,3)22-14(20)16-6-5-10-7-11(9-18)17-12(8-10)13(19)21-4/h7-9H,5-6H2,1-4H3,(H,16,20). The summed E-state index contributed by atoms with van der Waals surface area (Å²) in [6.45, 7) is 5.62. The number of aromatic nitrogens is 1. The molecular weight excluding hydrogens is 288 g/mol. The number of carbonyl (C=O) groups excluding carboxylic acids is 3. The van der Waals surface area contributed by atoms with Gasteiger partial charge >= 0.3 is 12.1 Å². The van der Waals surface area contributed by atoms with Crippen molar-refractivity contribution in [3.8, 4) is 0 Å². The third-order valence-electron chi connectivity index (χ3n) is 2.50. The van der Waals surface area contributed by atoms with Crippen LogP contribution in [0.3, 0.4) is 0 Å². The van der Waals surface area contributed by atoms with Crippen molar-refractivity contribution in [2.24, 2.45) is 0 Å².